The van der Waals surface area contributed by atoms with Gasteiger partial charge in [-0.1, -0.05) is 27.5 Å². The van der Waals surface area contributed by atoms with Gasteiger partial charge in [-0.05, 0) is 24.3 Å². The average molecular weight is 300 g/mol. The minimum Gasteiger partial charge on any atom is -0.287 e. The van der Waals surface area contributed by atoms with Gasteiger partial charge < -0.3 is 0 Å². The van der Waals surface area contributed by atoms with Crippen molar-refractivity contribution in [2.45, 2.75) is 0 Å². The maximum Gasteiger partial charge on any atom is 0.214 e. The van der Waals surface area contributed by atoms with Crippen molar-refractivity contribution in [2.24, 2.45) is 7.05 Å². The first-order chi connectivity index (χ1) is 7.58. The molecule has 0 saturated heterocycles. The summed E-state index contributed by atoms with van der Waals surface area (Å²) in [6.07, 6.45) is 1.73. The largest absolute Gasteiger partial charge is 0.287 e. The predicted molar refractivity (Wildman–Crippen MR) is 65.8 cm³/mol. The highest BCUT2D eigenvalue weighted by atomic mass is 79.9. The van der Waals surface area contributed by atoms with Crippen LogP contribution in [0.1, 0.15) is 16.1 Å². The van der Waals surface area contributed by atoms with Gasteiger partial charge in [0.05, 0.1) is 0 Å². The van der Waals surface area contributed by atoms with Crippen LogP contribution in [0.5, 0.6) is 0 Å². The molecule has 0 saturated carbocycles. The van der Waals surface area contributed by atoms with Crippen LogP contribution in [0.15, 0.2) is 34.9 Å². The molecule has 0 atom stereocenters. The lowest BCUT2D eigenvalue weighted by Crippen LogP contribution is -2.04. The molecule has 1 aromatic carbocycles. The second-order valence-corrected chi connectivity index (χ2v) is 4.62. The Morgan fingerprint density at radius 2 is 2.19 bits per heavy atom. The fourth-order valence-electron chi connectivity index (χ4n) is 1.35. The van der Waals surface area contributed by atoms with Gasteiger partial charge in [-0.25, -0.2) is 0 Å². The summed E-state index contributed by atoms with van der Waals surface area (Å²) in [5.41, 5.74) is 0.927. The summed E-state index contributed by atoms with van der Waals surface area (Å²) in [6.45, 7) is 0. The summed E-state index contributed by atoms with van der Waals surface area (Å²) in [4.78, 5) is 12.1. The second-order valence-electron chi connectivity index (χ2n) is 3.33. The zero-order valence-electron chi connectivity index (χ0n) is 8.45. The molecule has 0 bridgehead atoms. The van der Waals surface area contributed by atoms with Crippen LogP contribution in [0.3, 0.4) is 0 Å². The number of hydrogen-bond acceptors (Lipinski definition) is 2. The molecule has 0 aliphatic carbocycles. The van der Waals surface area contributed by atoms with Crippen LogP contribution in [-0.4, -0.2) is 15.6 Å². The number of aryl methyl sites for hydroxylation is 1. The predicted octanol–water partition coefficient (Wildman–Crippen LogP) is 3.07. The van der Waals surface area contributed by atoms with Crippen LogP contribution in [-0.2, 0) is 7.05 Å². The van der Waals surface area contributed by atoms with Gasteiger partial charge in [0.1, 0.15) is 5.69 Å². The van der Waals surface area contributed by atoms with Crippen molar-refractivity contribution < 1.29 is 4.79 Å². The highest BCUT2D eigenvalue weighted by Crippen LogP contribution is 2.23. The van der Waals surface area contributed by atoms with E-state index in [9.17, 15) is 4.79 Å². The van der Waals surface area contributed by atoms with Gasteiger partial charge in [-0.15, -0.1) is 0 Å². The first kappa shape index (κ1) is 11.4. The summed E-state index contributed by atoms with van der Waals surface area (Å²) in [6, 6.07) is 6.78. The van der Waals surface area contributed by atoms with Crippen molar-refractivity contribution >= 4 is 33.3 Å². The number of ketones is 1. The van der Waals surface area contributed by atoms with Crippen molar-refractivity contribution in [1.82, 2.24) is 9.78 Å². The average Bonchev–Trinajstić information content (AvgIpc) is 2.67. The van der Waals surface area contributed by atoms with E-state index in [0.717, 1.165) is 0 Å². The quantitative estimate of drug-likeness (QED) is 0.799. The lowest BCUT2D eigenvalue weighted by atomic mass is 10.1. The number of carbonyl (C=O) groups excluding carboxylic acids is 1. The molecule has 0 aliphatic rings. The van der Waals surface area contributed by atoms with E-state index in [4.69, 9.17) is 11.6 Å². The van der Waals surface area contributed by atoms with Gasteiger partial charge in [0.25, 0.3) is 0 Å². The van der Waals surface area contributed by atoms with Crippen LogP contribution in [0.2, 0.25) is 5.02 Å². The maximum absolute atomic E-state index is 12.1. The second kappa shape index (κ2) is 4.39. The molecule has 0 unspecified atom stereocenters. The van der Waals surface area contributed by atoms with E-state index >= 15 is 0 Å². The highest BCUT2D eigenvalue weighted by molar-refractivity contribution is 9.10. The first-order valence-corrected chi connectivity index (χ1v) is 5.74. The third kappa shape index (κ3) is 2.18. The Balaban J connectivity index is 2.45. The molecule has 1 heterocycles. The van der Waals surface area contributed by atoms with Crippen LogP contribution < -0.4 is 0 Å². The molecule has 0 radical (unpaired) electrons. The van der Waals surface area contributed by atoms with Crippen molar-refractivity contribution in [1.29, 1.82) is 0 Å². The Labute approximate surface area is 106 Å². The molecule has 2 aromatic rings. The number of rotatable bonds is 2. The zero-order valence-corrected chi connectivity index (χ0v) is 10.8. The van der Waals surface area contributed by atoms with Crippen LogP contribution in [0.25, 0.3) is 0 Å². The van der Waals surface area contributed by atoms with Gasteiger partial charge in [-0.3, -0.25) is 9.48 Å². The zero-order chi connectivity index (χ0) is 11.7. The molecule has 2 rings (SSSR count). The molecule has 3 nitrogen and oxygen atoms in total. The maximum atomic E-state index is 12.1. The number of nitrogens with zero attached hydrogens (tertiary/aromatic N) is 2. The van der Waals surface area contributed by atoms with E-state index in [-0.39, 0.29) is 5.78 Å². The standard InChI is InChI=1S/C11H8BrClN2O/c1-15-5-4-10(14-15)11(16)8-6-7(13)2-3-9(8)12/h2-6H,1H3. The summed E-state index contributed by atoms with van der Waals surface area (Å²) < 4.78 is 2.30. The van der Waals surface area contributed by atoms with E-state index in [1.54, 1.807) is 42.2 Å². The summed E-state index contributed by atoms with van der Waals surface area (Å²) >= 11 is 9.18. The molecule has 16 heavy (non-hydrogen) atoms. The van der Waals surface area contributed by atoms with E-state index in [2.05, 4.69) is 21.0 Å². The molecular weight excluding hydrogens is 291 g/mol. The molecule has 5 heteroatoms. The Morgan fingerprint density at radius 1 is 1.44 bits per heavy atom. The van der Waals surface area contributed by atoms with Crippen molar-refractivity contribution in [3.05, 3.63) is 51.2 Å². The van der Waals surface area contributed by atoms with Crippen molar-refractivity contribution in [2.75, 3.05) is 0 Å². The monoisotopic (exact) mass is 298 g/mol. The van der Waals surface area contributed by atoms with E-state index in [1.807, 2.05) is 0 Å². The fourth-order valence-corrected chi connectivity index (χ4v) is 1.94. The lowest BCUT2D eigenvalue weighted by molar-refractivity contribution is 0.103. The number of aromatic nitrogens is 2. The highest BCUT2D eigenvalue weighted by Gasteiger charge is 2.15. The third-order valence-corrected chi connectivity index (χ3v) is 3.05. The first-order valence-electron chi connectivity index (χ1n) is 4.57. The van der Waals surface area contributed by atoms with Gasteiger partial charge in [0.15, 0.2) is 0 Å². The van der Waals surface area contributed by atoms with E-state index in [0.29, 0.717) is 20.8 Å². The van der Waals surface area contributed by atoms with Gasteiger partial charge in [0, 0.05) is 28.3 Å². The fraction of sp³-hybridized carbons (Fsp3) is 0.0909. The molecule has 0 spiro atoms. The number of hydrogen-bond donors (Lipinski definition) is 0. The molecule has 82 valence electrons. The molecule has 0 N–H and O–H groups in total. The normalized spacial score (nSPS) is 10.4. The molecule has 0 fully saturated rings. The molecular formula is C11H8BrClN2O. The molecule has 0 aliphatic heterocycles. The topological polar surface area (TPSA) is 34.9 Å². The van der Waals surface area contributed by atoms with E-state index < -0.39 is 0 Å². The Morgan fingerprint density at radius 3 is 2.81 bits per heavy atom. The smallest absolute Gasteiger partial charge is 0.214 e. The van der Waals surface area contributed by atoms with Crippen molar-refractivity contribution in [3.63, 3.8) is 0 Å². The van der Waals surface area contributed by atoms with Gasteiger partial charge in [0.2, 0.25) is 5.78 Å². The minimum absolute atomic E-state index is 0.144. The number of carbonyl (C=O) groups is 1. The lowest BCUT2D eigenvalue weighted by Gasteiger charge is -2.01. The Hall–Kier alpha value is -1.13. The van der Waals surface area contributed by atoms with Crippen LogP contribution >= 0.6 is 27.5 Å². The Bertz CT molecular complexity index is 551. The number of benzene rings is 1. The SMILES string of the molecule is Cn1ccc(C(=O)c2cc(Cl)ccc2Br)n1. The Kier molecular flexibility index (Phi) is 3.12. The third-order valence-electron chi connectivity index (χ3n) is 2.12. The summed E-state index contributed by atoms with van der Waals surface area (Å²) in [5.74, 6) is -0.144. The van der Waals surface area contributed by atoms with Gasteiger partial charge >= 0.3 is 0 Å². The summed E-state index contributed by atoms with van der Waals surface area (Å²) in [7, 11) is 1.77. The van der Waals surface area contributed by atoms with E-state index in [1.165, 1.54) is 0 Å². The van der Waals surface area contributed by atoms with Gasteiger partial charge in [-0.2, -0.15) is 5.10 Å². The molecule has 1 aromatic heterocycles. The number of halogens is 2. The van der Waals surface area contributed by atoms with Crippen LogP contribution in [0.4, 0.5) is 0 Å². The molecule has 0 amide bonds. The van der Waals surface area contributed by atoms with Crippen LogP contribution in [0, 0.1) is 0 Å². The minimum atomic E-state index is -0.144. The van der Waals surface area contributed by atoms with Crippen molar-refractivity contribution in [3.8, 4) is 0 Å². The summed E-state index contributed by atoms with van der Waals surface area (Å²) in [5, 5.41) is 4.59.